The third kappa shape index (κ3) is 2.37. The summed E-state index contributed by atoms with van der Waals surface area (Å²) >= 11 is 0. The molecule has 6 N–H and O–H groups in total. The molecule has 0 aromatic heterocycles. The number of anilines is 1. The second-order valence-corrected chi connectivity index (χ2v) is 3.04. The zero-order valence-corrected chi connectivity index (χ0v) is 7.47. The van der Waals surface area contributed by atoms with Gasteiger partial charge in [-0.25, -0.2) is 0 Å². The van der Waals surface area contributed by atoms with Crippen molar-refractivity contribution in [2.45, 2.75) is 12.5 Å². The van der Waals surface area contributed by atoms with Crippen LogP contribution in [0.25, 0.3) is 0 Å². The number of phenols is 1. The molecule has 0 radical (unpaired) electrons. The number of carboxylic acid groups (broad SMARTS) is 1. The van der Waals surface area contributed by atoms with Crippen LogP contribution in [0.4, 0.5) is 5.69 Å². The Morgan fingerprint density at radius 2 is 2.14 bits per heavy atom. The summed E-state index contributed by atoms with van der Waals surface area (Å²) in [6.07, 6.45) is 0.170. The SMILES string of the molecule is Nc1ccc(C[C@H](N)C(=O)O)cc1O. The van der Waals surface area contributed by atoms with E-state index in [1.165, 1.54) is 12.1 Å². The molecule has 1 rings (SSSR count). The molecule has 0 aliphatic rings. The van der Waals surface area contributed by atoms with Crippen LogP contribution in [0, 0.1) is 0 Å². The lowest BCUT2D eigenvalue weighted by molar-refractivity contribution is -0.138. The van der Waals surface area contributed by atoms with E-state index in [2.05, 4.69) is 0 Å². The van der Waals surface area contributed by atoms with Crippen molar-refractivity contribution in [1.29, 1.82) is 0 Å². The molecule has 0 spiro atoms. The minimum atomic E-state index is -1.07. The van der Waals surface area contributed by atoms with Gasteiger partial charge in [0.05, 0.1) is 5.69 Å². The summed E-state index contributed by atoms with van der Waals surface area (Å²) in [5.74, 6) is -1.12. The Hall–Kier alpha value is -1.75. The number of nitrogens with two attached hydrogens (primary N) is 2. The minimum Gasteiger partial charge on any atom is -0.506 e. The van der Waals surface area contributed by atoms with Gasteiger partial charge in [-0.1, -0.05) is 6.07 Å². The zero-order valence-electron chi connectivity index (χ0n) is 7.47. The molecule has 5 heteroatoms. The molecule has 1 atom stereocenters. The smallest absolute Gasteiger partial charge is 0.320 e. The second kappa shape index (κ2) is 3.97. The quantitative estimate of drug-likeness (QED) is 0.399. The van der Waals surface area contributed by atoms with Crippen molar-refractivity contribution >= 4 is 11.7 Å². The maximum absolute atomic E-state index is 10.4. The van der Waals surface area contributed by atoms with Crippen molar-refractivity contribution in [3.05, 3.63) is 23.8 Å². The van der Waals surface area contributed by atoms with Gasteiger partial charge in [0.1, 0.15) is 11.8 Å². The molecule has 0 bridgehead atoms. The van der Waals surface area contributed by atoms with Gasteiger partial charge in [-0.2, -0.15) is 0 Å². The van der Waals surface area contributed by atoms with E-state index in [-0.39, 0.29) is 17.9 Å². The van der Waals surface area contributed by atoms with Crippen LogP contribution >= 0.6 is 0 Å². The number of benzene rings is 1. The Bertz CT molecular complexity index is 352. The van der Waals surface area contributed by atoms with Gasteiger partial charge in [-0.3, -0.25) is 4.79 Å². The van der Waals surface area contributed by atoms with Gasteiger partial charge in [-0.05, 0) is 24.1 Å². The maximum Gasteiger partial charge on any atom is 0.320 e. The fraction of sp³-hybridized carbons (Fsp3) is 0.222. The third-order valence-electron chi connectivity index (χ3n) is 1.87. The highest BCUT2D eigenvalue weighted by atomic mass is 16.4. The summed E-state index contributed by atoms with van der Waals surface area (Å²) < 4.78 is 0. The van der Waals surface area contributed by atoms with Crippen LogP contribution in [-0.2, 0) is 11.2 Å². The van der Waals surface area contributed by atoms with Gasteiger partial charge in [0, 0.05) is 0 Å². The normalized spacial score (nSPS) is 12.4. The van der Waals surface area contributed by atoms with Gasteiger partial charge < -0.3 is 21.7 Å². The lowest BCUT2D eigenvalue weighted by Gasteiger charge is -2.07. The molecule has 0 saturated carbocycles. The average molecular weight is 196 g/mol. The van der Waals surface area contributed by atoms with Gasteiger partial charge in [-0.15, -0.1) is 0 Å². The molecular weight excluding hydrogens is 184 g/mol. The van der Waals surface area contributed by atoms with Crippen LogP contribution in [0.1, 0.15) is 5.56 Å². The second-order valence-electron chi connectivity index (χ2n) is 3.04. The minimum absolute atomic E-state index is 0.0555. The highest BCUT2D eigenvalue weighted by Gasteiger charge is 2.12. The number of carboxylic acids is 1. The Balaban J connectivity index is 2.78. The third-order valence-corrected chi connectivity index (χ3v) is 1.87. The molecule has 0 fully saturated rings. The van der Waals surface area contributed by atoms with Crippen molar-refractivity contribution in [3.63, 3.8) is 0 Å². The Kier molecular flexibility index (Phi) is 2.93. The van der Waals surface area contributed by atoms with Crippen molar-refractivity contribution < 1.29 is 15.0 Å². The van der Waals surface area contributed by atoms with Crippen LogP contribution in [0.15, 0.2) is 18.2 Å². The van der Waals surface area contributed by atoms with Gasteiger partial charge >= 0.3 is 5.97 Å². The number of carbonyl (C=O) groups is 1. The summed E-state index contributed by atoms with van der Waals surface area (Å²) in [6, 6.07) is 3.60. The van der Waals surface area contributed by atoms with E-state index in [1.54, 1.807) is 6.07 Å². The number of nitrogen functional groups attached to an aromatic ring is 1. The van der Waals surface area contributed by atoms with E-state index in [1.807, 2.05) is 0 Å². The predicted molar refractivity (Wildman–Crippen MR) is 51.8 cm³/mol. The lowest BCUT2D eigenvalue weighted by Crippen LogP contribution is -2.32. The molecule has 0 amide bonds. The van der Waals surface area contributed by atoms with E-state index in [0.717, 1.165) is 0 Å². The van der Waals surface area contributed by atoms with Crippen LogP contribution in [0.3, 0.4) is 0 Å². The predicted octanol–water partition coefficient (Wildman–Crippen LogP) is -0.0712. The highest BCUT2D eigenvalue weighted by Crippen LogP contribution is 2.21. The Morgan fingerprint density at radius 1 is 1.50 bits per heavy atom. The Morgan fingerprint density at radius 3 is 2.64 bits per heavy atom. The first-order valence-electron chi connectivity index (χ1n) is 4.06. The average Bonchev–Trinajstić information content (AvgIpc) is 2.11. The number of aliphatic carboxylic acids is 1. The summed E-state index contributed by atoms with van der Waals surface area (Å²) in [6.45, 7) is 0. The van der Waals surface area contributed by atoms with Crippen molar-refractivity contribution in [2.75, 3.05) is 5.73 Å². The monoisotopic (exact) mass is 196 g/mol. The summed E-state index contributed by atoms with van der Waals surface area (Å²) in [7, 11) is 0. The van der Waals surface area contributed by atoms with Crippen molar-refractivity contribution in [2.24, 2.45) is 5.73 Å². The van der Waals surface area contributed by atoms with Gasteiger partial charge in [0.15, 0.2) is 0 Å². The van der Waals surface area contributed by atoms with E-state index in [4.69, 9.17) is 16.6 Å². The molecule has 14 heavy (non-hydrogen) atoms. The van der Waals surface area contributed by atoms with Crippen LogP contribution in [0.5, 0.6) is 5.75 Å². The zero-order chi connectivity index (χ0) is 10.7. The molecule has 76 valence electrons. The van der Waals surface area contributed by atoms with Gasteiger partial charge in [0.25, 0.3) is 0 Å². The fourth-order valence-electron chi connectivity index (χ4n) is 1.06. The first kappa shape index (κ1) is 10.3. The summed E-state index contributed by atoms with van der Waals surface area (Å²) in [5, 5.41) is 17.8. The largest absolute Gasteiger partial charge is 0.506 e. The molecule has 1 aromatic rings. The first-order valence-corrected chi connectivity index (χ1v) is 4.06. The lowest BCUT2D eigenvalue weighted by atomic mass is 10.1. The van der Waals surface area contributed by atoms with Crippen molar-refractivity contribution in [1.82, 2.24) is 0 Å². The number of hydrogen-bond donors (Lipinski definition) is 4. The number of rotatable bonds is 3. The summed E-state index contributed by atoms with van der Waals surface area (Å²) in [4.78, 5) is 10.4. The molecule has 0 aliphatic heterocycles. The van der Waals surface area contributed by atoms with E-state index in [9.17, 15) is 9.90 Å². The van der Waals surface area contributed by atoms with Crippen LogP contribution in [-0.4, -0.2) is 22.2 Å². The van der Waals surface area contributed by atoms with E-state index >= 15 is 0 Å². The molecule has 0 aliphatic carbocycles. The standard InChI is InChI=1S/C9H12N2O3/c10-6-2-1-5(4-8(6)12)3-7(11)9(13)14/h1-2,4,7,12H,3,10-11H2,(H,13,14)/t7-/m0/s1. The molecular formula is C9H12N2O3. The van der Waals surface area contributed by atoms with E-state index < -0.39 is 12.0 Å². The van der Waals surface area contributed by atoms with E-state index in [0.29, 0.717) is 5.56 Å². The van der Waals surface area contributed by atoms with Crippen LogP contribution in [0.2, 0.25) is 0 Å². The highest BCUT2D eigenvalue weighted by molar-refractivity contribution is 5.73. The molecule has 0 heterocycles. The number of aromatic hydroxyl groups is 1. The molecule has 0 saturated heterocycles. The summed E-state index contributed by atoms with van der Waals surface area (Å²) in [5.41, 5.74) is 11.6. The first-order chi connectivity index (χ1) is 6.50. The fourth-order valence-corrected chi connectivity index (χ4v) is 1.06. The van der Waals surface area contributed by atoms with Crippen LogP contribution < -0.4 is 11.5 Å². The molecule has 0 unspecified atom stereocenters. The maximum atomic E-state index is 10.4. The topological polar surface area (TPSA) is 110 Å². The molecule has 5 nitrogen and oxygen atoms in total. The number of hydrogen-bond acceptors (Lipinski definition) is 4. The van der Waals surface area contributed by atoms with Crippen molar-refractivity contribution in [3.8, 4) is 5.75 Å². The van der Waals surface area contributed by atoms with Gasteiger partial charge in [0.2, 0.25) is 0 Å². The number of phenolic OH excluding ortho intramolecular Hbond substituents is 1. The molecule has 1 aromatic carbocycles. The Labute approximate surface area is 81.0 Å².